The fourth-order valence-electron chi connectivity index (χ4n) is 4.26. The highest BCUT2D eigenvalue weighted by atomic mass is 16.6. The number of anilines is 1. The van der Waals surface area contributed by atoms with Gasteiger partial charge in [-0.3, -0.25) is 14.9 Å². The van der Waals surface area contributed by atoms with Gasteiger partial charge in [-0.25, -0.2) is 0 Å². The molecule has 2 N–H and O–H groups in total. The van der Waals surface area contributed by atoms with Crippen molar-refractivity contribution in [3.05, 3.63) is 46.2 Å². The Morgan fingerprint density at radius 1 is 1.35 bits per heavy atom. The molecule has 2 aliphatic carbocycles. The Bertz CT molecular complexity index is 766. The summed E-state index contributed by atoms with van der Waals surface area (Å²) in [4.78, 5) is 22.4. The number of nitrogens with one attached hydrogen (secondary N) is 2. The fraction of sp³-hybridized carbons (Fsp3) is 0.474. The number of non-ortho nitro benzene ring substituents is 1. The van der Waals surface area contributed by atoms with Crippen molar-refractivity contribution in [1.82, 2.24) is 5.32 Å². The smallest absolute Gasteiger partial charge is 0.269 e. The molecule has 3 rings (SSSR count). The zero-order valence-corrected chi connectivity index (χ0v) is 14.6. The van der Waals surface area contributed by atoms with Crippen LogP contribution in [0.25, 0.3) is 0 Å². The maximum atomic E-state index is 12.2. The van der Waals surface area contributed by atoms with Gasteiger partial charge < -0.3 is 10.6 Å². The van der Waals surface area contributed by atoms with E-state index < -0.39 is 10.8 Å². The van der Waals surface area contributed by atoms with Gasteiger partial charge in [0.25, 0.3) is 11.6 Å². The molecule has 0 spiro atoms. The van der Waals surface area contributed by atoms with E-state index in [4.69, 9.17) is 0 Å². The lowest BCUT2D eigenvalue weighted by Gasteiger charge is -2.28. The Hall–Kier alpha value is -2.88. The maximum absolute atomic E-state index is 12.2. The molecular weight excluding hydrogens is 332 g/mol. The number of nitrogens with zero attached hydrogens (tertiary/aromatic N) is 2. The number of rotatable bonds is 6. The molecule has 2 aliphatic rings. The Kier molecular flexibility index (Phi) is 5.21. The van der Waals surface area contributed by atoms with E-state index >= 15 is 0 Å². The summed E-state index contributed by atoms with van der Waals surface area (Å²) < 4.78 is 0. The van der Waals surface area contributed by atoms with Crippen molar-refractivity contribution in [1.29, 1.82) is 5.26 Å². The first-order valence-electron chi connectivity index (χ1n) is 8.90. The molecule has 2 bridgehead atoms. The van der Waals surface area contributed by atoms with Gasteiger partial charge in [-0.1, -0.05) is 6.42 Å². The largest absolute Gasteiger partial charge is 0.387 e. The first kappa shape index (κ1) is 17.9. The Labute approximate surface area is 152 Å². The Morgan fingerprint density at radius 3 is 2.62 bits per heavy atom. The predicted octanol–water partition coefficient (Wildman–Crippen LogP) is 3.36. The molecule has 2 fully saturated rings. The minimum absolute atomic E-state index is 0.0154. The van der Waals surface area contributed by atoms with Crippen LogP contribution in [-0.4, -0.2) is 16.9 Å². The quantitative estimate of drug-likeness (QED) is 0.352. The molecule has 1 aromatic rings. The zero-order chi connectivity index (χ0) is 18.7. The van der Waals surface area contributed by atoms with Gasteiger partial charge in [-0.2, -0.15) is 5.26 Å². The van der Waals surface area contributed by atoms with E-state index in [0.29, 0.717) is 11.6 Å². The van der Waals surface area contributed by atoms with E-state index in [0.717, 1.165) is 11.8 Å². The number of nitriles is 1. The molecule has 0 saturated heterocycles. The summed E-state index contributed by atoms with van der Waals surface area (Å²) >= 11 is 0. The van der Waals surface area contributed by atoms with Crippen LogP contribution < -0.4 is 10.6 Å². The van der Waals surface area contributed by atoms with Crippen LogP contribution in [0.15, 0.2) is 36.0 Å². The second-order valence-electron chi connectivity index (χ2n) is 7.22. The average molecular weight is 354 g/mol. The van der Waals surface area contributed by atoms with Crippen molar-refractivity contribution in [2.45, 2.75) is 38.6 Å². The molecule has 0 aliphatic heterocycles. The summed E-state index contributed by atoms with van der Waals surface area (Å²) in [6, 6.07) is 7.63. The standard InChI is InChI=1S/C19H22N4O3/c1-12(18-9-13-2-3-14(18)8-13)21-11-15(10-20)19(24)22-16-4-6-17(7-5-16)23(25)26/h4-7,11-14,18,21H,2-3,8-9H2,1H3,(H,22,24)/b15-11-. The van der Waals surface area contributed by atoms with Crippen LogP contribution in [0.1, 0.15) is 32.6 Å². The number of nitro groups is 1. The minimum Gasteiger partial charge on any atom is -0.387 e. The van der Waals surface area contributed by atoms with E-state index in [1.165, 1.54) is 56.1 Å². The van der Waals surface area contributed by atoms with Crippen molar-refractivity contribution in [2.75, 3.05) is 5.32 Å². The normalized spacial score (nSPS) is 25.4. The van der Waals surface area contributed by atoms with Crippen molar-refractivity contribution >= 4 is 17.3 Å². The lowest BCUT2D eigenvalue weighted by molar-refractivity contribution is -0.384. The molecule has 0 heterocycles. The maximum Gasteiger partial charge on any atom is 0.269 e. The number of hydrogen-bond acceptors (Lipinski definition) is 5. The predicted molar refractivity (Wildman–Crippen MR) is 97.0 cm³/mol. The third-order valence-corrected chi connectivity index (χ3v) is 5.63. The van der Waals surface area contributed by atoms with Gasteiger partial charge in [-0.05, 0) is 56.1 Å². The molecule has 4 unspecified atom stereocenters. The number of nitro benzene ring substituents is 1. The molecule has 4 atom stereocenters. The fourth-order valence-corrected chi connectivity index (χ4v) is 4.26. The molecule has 0 aromatic heterocycles. The SMILES string of the molecule is CC(N/C=C(/C#N)C(=O)Nc1ccc([N+](=O)[O-])cc1)C1CC2CCC1C2. The number of carbonyl (C=O) groups is 1. The highest BCUT2D eigenvalue weighted by Gasteiger charge is 2.41. The monoisotopic (exact) mass is 354 g/mol. The summed E-state index contributed by atoms with van der Waals surface area (Å²) in [6.07, 6.45) is 6.65. The molecule has 7 heteroatoms. The third-order valence-electron chi connectivity index (χ3n) is 5.63. The van der Waals surface area contributed by atoms with Gasteiger partial charge in [0.15, 0.2) is 0 Å². The van der Waals surface area contributed by atoms with E-state index in [2.05, 4.69) is 17.6 Å². The van der Waals surface area contributed by atoms with Gasteiger partial charge in [-0.15, -0.1) is 0 Å². The summed E-state index contributed by atoms with van der Waals surface area (Å²) in [7, 11) is 0. The van der Waals surface area contributed by atoms with Crippen molar-refractivity contribution in [2.24, 2.45) is 17.8 Å². The Morgan fingerprint density at radius 2 is 2.08 bits per heavy atom. The van der Waals surface area contributed by atoms with Gasteiger partial charge in [0.05, 0.1) is 4.92 Å². The van der Waals surface area contributed by atoms with Crippen LogP contribution in [0.3, 0.4) is 0 Å². The summed E-state index contributed by atoms with van der Waals surface area (Å²) in [5.41, 5.74) is 0.335. The van der Waals surface area contributed by atoms with Crippen LogP contribution in [0, 0.1) is 39.2 Å². The summed E-state index contributed by atoms with van der Waals surface area (Å²) in [5, 5.41) is 25.7. The van der Waals surface area contributed by atoms with E-state index in [-0.39, 0.29) is 17.3 Å². The molecular formula is C19H22N4O3. The van der Waals surface area contributed by atoms with Gasteiger partial charge in [0.2, 0.25) is 0 Å². The highest BCUT2D eigenvalue weighted by Crippen LogP contribution is 2.49. The molecule has 0 radical (unpaired) electrons. The summed E-state index contributed by atoms with van der Waals surface area (Å²) in [6.45, 7) is 2.10. The summed E-state index contributed by atoms with van der Waals surface area (Å²) in [5.74, 6) is 1.67. The van der Waals surface area contributed by atoms with E-state index in [9.17, 15) is 20.2 Å². The number of carbonyl (C=O) groups excluding carboxylic acids is 1. The lowest BCUT2D eigenvalue weighted by Crippen LogP contribution is -2.33. The van der Waals surface area contributed by atoms with Crippen molar-refractivity contribution in [3.63, 3.8) is 0 Å². The van der Waals surface area contributed by atoms with E-state index in [1.54, 1.807) is 0 Å². The zero-order valence-electron chi connectivity index (χ0n) is 14.6. The van der Waals surface area contributed by atoms with Gasteiger partial charge >= 0.3 is 0 Å². The molecule has 1 amide bonds. The second-order valence-corrected chi connectivity index (χ2v) is 7.22. The molecule has 1 aromatic carbocycles. The number of benzene rings is 1. The van der Waals surface area contributed by atoms with Crippen LogP contribution in [0.2, 0.25) is 0 Å². The molecule has 2 saturated carbocycles. The topological polar surface area (TPSA) is 108 Å². The highest BCUT2D eigenvalue weighted by molar-refractivity contribution is 6.06. The van der Waals surface area contributed by atoms with Crippen LogP contribution in [-0.2, 0) is 4.79 Å². The van der Waals surface area contributed by atoms with Crippen LogP contribution in [0.5, 0.6) is 0 Å². The minimum atomic E-state index is -0.533. The van der Waals surface area contributed by atoms with Crippen LogP contribution in [0.4, 0.5) is 11.4 Å². The number of hydrogen-bond donors (Lipinski definition) is 2. The van der Waals surface area contributed by atoms with Gasteiger partial charge in [0.1, 0.15) is 11.6 Å². The van der Waals surface area contributed by atoms with Crippen molar-refractivity contribution in [3.8, 4) is 6.07 Å². The third kappa shape index (κ3) is 3.85. The van der Waals surface area contributed by atoms with Crippen LogP contribution >= 0.6 is 0 Å². The average Bonchev–Trinajstić information content (AvgIpc) is 3.26. The van der Waals surface area contributed by atoms with Crippen molar-refractivity contribution < 1.29 is 9.72 Å². The Balaban J connectivity index is 1.58. The second kappa shape index (κ2) is 7.56. The number of fused-ring (bicyclic) bond motifs is 2. The lowest BCUT2D eigenvalue weighted by atomic mass is 9.84. The molecule has 26 heavy (non-hydrogen) atoms. The van der Waals surface area contributed by atoms with Gasteiger partial charge in [0, 0.05) is 30.1 Å². The first-order chi connectivity index (χ1) is 12.5. The molecule has 7 nitrogen and oxygen atoms in total. The molecule has 136 valence electrons. The number of amides is 1. The first-order valence-corrected chi connectivity index (χ1v) is 8.90. The van der Waals surface area contributed by atoms with E-state index in [1.807, 2.05) is 6.07 Å².